The zero-order chi connectivity index (χ0) is 9.56. The maximum atomic E-state index is 10.7. The van der Waals surface area contributed by atoms with Crippen molar-refractivity contribution in [1.29, 1.82) is 0 Å². The Labute approximate surface area is 75.9 Å². The molecule has 70 valence electrons. The van der Waals surface area contributed by atoms with Crippen LogP contribution in [0.4, 0.5) is 0 Å². The minimum Gasteiger partial charge on any atom is -0.300 e. The van der Waals surface area contributed by atoms with Gasteiger partial charge in [-0.25, -0.2) is 0 Å². The van der Waals surface area contributed by atoms with Crippen LogP contribution in [0.1, 0.15) is 47.0 Å². The van der Waals surface area contributed by atoms with Gasteiger partial charge in [0, 0.05) is 6.42 Å². The lowest BCUT2D eigenvalue weighted by atomic mass is 9.99. The zero-order valence-corrected chi connectivity index (χ0v) is 8.68. The summed E-state index contributed by atoms with van der Waals surface area (Å²) in [6.45, 7) is 8.02. The maximum Gasteiger partial charge on any atom is 0.130 e. The van der Waals surface area contributed by atoms with Crippen LogP contribution in [0.15, 0.2) is 11.6 Å². The average Bonchev–Trinajstić information content (AvgIpc) is 1.84. The normalized spacial score (nSPS) is 12.3. The van der Waals surface area contributed by atoms with Gasteiger partial charge in [-0.1, -0.05) is 18.6 Å². The highest BCUT2D eigenvalue weighted by atomic mass is 16.1. The highest BCUT2D eigenvalue weighted by Crippen LogP contribution is 2.11. The lowest BCUT2D eigenvalue weighted by Crippen LogP contribution is -2.00. The number of Topliss-reactive ketones (excluding diaryl/α,β-unsaturated/α-hetero) is 1. The van der Waals surface area contributed by atoms with Gasteiger partial charge >= 0.3 is 0 Å². The fourth-order valence-electron chi connectivity index (χ4n) is 1.25. The van der Waals surface area contributed by atoms with E-state index in [-0.39, 0.29) is 0 Å². The summed E-state index contributed by atoms with van der Waals surface area (Å²) in [7, 11) is 0. The van der Waals surface area contributed by atoms with Crippen LogP contribution in [-0.2, 0) is 4.79 Å². The number of carbonyl (C=O) groups excluding carboxylic acids is 1. The van der Waals surface area contributed by atoms with Gasteiger partial charge in [0.2, 0.25) is 0 Å². The first kappa shape index (κ1) is 11.4. The summed E-state index contributed by atoms with van der Waals surface area (Å²) in [5.74, 6) is 0.845. The van der Waals surface area contributed by atoms with Gasteiger partial charge in [-0.3, -0.25) is 0 Å². The summed E-state index contributed by atoms with van der Waals surface area (Å²) in [6.07, 6.45) is 5.20. The van der Waals surface area contributed by atoms with Gasteiger partial charge in [0.1, 0.15) is 5.78 Å². The van der Waals surface area contributed by atoms with Crippen LogP contribution in [0, 0.1) is 5.92 Å². The first-order valence-corrected chi connectivity index (χ1v) is 4.65. The number of carbonyl (C=O) groups is 1. The highest BCUT2D eigenvalue weighted by Gasteiger charge is 2.03. The number of hydrogen-bond acceptors (Lipinski definition) is 1. The molecule has 0 aromatic heterocycles. The van der Waals surface area contributed by atoms with Crippen molar-refractivity contribution in [2.24, 2.45) is 5.92 Å². The third-order valence-corrected chi connectivity index (χ3v) is 1.85. The van der Waals surface area contributed by atoms with E-state index in [0.29, 0.717) is 11.7 Å². The van der Waals surface area contributed by atoms with Gasteiger partial charge in [0.15, 0.2) is 0 Å². The van der Waals surface area contributed by atoms with E-state index in [1.165, 1.54) is 5.57 Å². The Balaban J connectivity index is 3.50. The summed E-state index contributed by atoms with van der Waals surface area (Å²) >= 11 is 0. The molecule has 0 fully saturated rings. The lowest BCUT2D eigenvalue weighted by molar-refractivity contribution is -0.117. The summed E-state index contributed by atoms with van der Waals surface area (Å²) in [4.78, 5) is 10.7. The van der Waals surface area contributed by atoms with Gasteiger partial charge in [-0.2, -0.15) is 0 Å². The van der Waals surface area contributed by atoms with E-state index in [0.717, 1.165) is 19.3 Å². The van der Waals surface area contributed by atoms with Crippen LogP contribution < -0.4 is 0 Å². The molecule has 1 atom stereocenters. The monoisotopic (exact) mass is 168 g/mol. The molecule has 0 amide bonds. The summed E-state index contributed by atoms with van der Waals surface area (Å²) in [5, 5.41) is 0. The standard InChI is InChI=1S/C11H20O/c1-9(2)6-5-7-10(3)8-11(4)12/h6,10H,5,7-8H2,1-4H3/t10-/m0/s1. The van der Waals surface area contributed by atoms with Crippen LogP contribution >= 0.6 is 0 Å². The Morgan fingerprint density at radius 3 is 2.33 bits per heavy atom. The quantitative estimate of drug-likeness (QED) is 0.575. The Hall–Kier alpha value is -0.590. The first-order valence-electron chi connectivity index (χ1n) is 4.65. The Morgan fingerprint density at radius 1 is 1.33 bits per heavy atom. The van der Waals surface area contributed by atoms with Crippen molar-refractivity contribution in [1.82, 2.24) is 0 Å². The zero-order valence-electron chi connectivity index (χ0n) is 8.68. The molecule has 0 heterocycles. The Kier molecular flexibility index (Phi) is 5.69. The molecule has 0 aromatic carbocycles. The third kappa shape index (κ3) is 7.52. The average molecular weight is 168 g/mol. The largest absolute Gasteiger partial charge is 0.300 e. The second-order valence-electron chi connectivity index (χ2n) is 3.87. The van der Waals surface area contributed by atoms with Gasteiger partial charge in [-0.15, -0.1) is 0 Å². The van der Waals surface area contributed by atoms with E-state index < -0.39 is 0 Å². The van der Waals surface area contributed by atoms with Crippen molar-refractivity contribution in [3.63, 3.8) is 0 Å². The molecule has 0 saturated heterocycles. The second kappa shape index (κ2) is 5.99. The summed E-state index contributed by atoms with van der Waals surface area (Å²) in [6, 6.07) is 0. The summed E-state index contributed by atoms with van der Waals surface area (Å²) < 4.78 is 0. The highest BCUT2D eigenvalue weighted by molar-refractivity contribution is 5.75. The molecule has 1 heteroatoms. The SMILES string of the molecule is CC(=O)C[C@@H](C)CCC=C(C)C. The lowest BCUT2D eigenvalue weighted by Gasteiger charge is -2.06. The second-order valence-corrected chi connectivity index (χ2v) is 3.87. The van der Waals surface area contributed by atoms with Crippen molar-refractivity contribution < 1.29 is 4.79 Å². The molecule has 0 rings (SSSR count). The van der Waals surface area contributed by atoms with Crippen LogP contribution in [0.5, 0.6) is 0 Å². The van der Waals surface area contributed by atoms with Crippen LogP contribution in [-0.4, -0.2) is 5.78 Å². The van der Waals surface area contributed by atoms with E-state index in [1.54, 1.807) is 6.92 Å². The smallest absolute Gasteiger partial charge is 0.130 e. The number of allylic oxidation sites excluding steroid dienone is 2. The number of ketones is 1. The van der Waals surface area contributed by atoms with Crippen LogP contribution in [0.2, 0.25) is 0 Å². The van der Waals surface area contributed by atoms with Crippen LogP contribution in [0.3, 0.4) is 0 Å². The minimum atomic E-state index is 0.305. The molecule has 0 radical (unpaired) electrons. The molecule has 0 N–H and O–H groups in total. The number of rotatable bonds is 5. The molecule has 0 saturated carbocycles. The topological polar surface area (TPSA) is 17.1 Å². The Bertz CT molecular complexity index is 164. The first-order chi connectivity index (χ1) is 5.52. The number of hydrogen-bond donors (Lipinski definition) is 0. The van der Waals surface area contributed by atoms with Crippen molar-refractivity contribution in [2.75, 3.05) is 0 Å². The molecule has 0 aromatic rings. The summed E-state index contributed by atoms with van der Waals surface area (Å²) in [5.41, 5.74) is 1.37. The molecule has 0 aliphatic rings. The van der Waals surface area contributed by atoms with Crippen molar-refractivity contribution in [3.8, 4) is 0 Å². The third-order valence-electron chi connectivity index (χ3n) is 1.85. The van der Waals surface area contributed by atoms with E-state index in [9.17, 15) is 4.79 Å². The predicted octanol–water partition coefficient (Wildman–Crippen LogP) is 3.35. The van der Waals surface area contributed by atoms with Crippen molar-refractivity contribution >= 4 is 5.78 Å². The molecular formula is C11H20O. The van der Waals surface area contributed by atoms with Gasteiger partial charge in [0.05, 0.1) is 0 Å². The van der Waals surface area contributed by atoms with E-state index in [4.69, 9.17) is 0 Å². The van der Waals surface area contributed by atoms with Gasteiger partial charge < -0.3 is 4.79 Å². The van der Waals surface area contributed by atoms with Crippen LogP contribution in [0.25, 0.3) is 0 Å². The van der Waals surface area contributed by atoms with Crippen molar-refractivity contribution in [3.05, 3.63) is 11.6 Å². The van der Waals surface area contributed by atoms with E-state index >= 15 is 0 Å². The molecule has 12 heavy (non-hydrogen) atoms. The molecule has 0 unspecified atom stereocenters. The maximum absolute atomic E-state index is 10.7. The van der Waals surface area contributed by atoms with Gasteiger partial charge in [-0.05, 0) is 39.5 Å². The van der Waals surface area contributed by atoms with E-state index in [2.05, 4.69) is 26.8 Å². The molecule has 0 spiro atoms. The van der Waals surface area contributed by atoms with E-state index in [1.807, 2.05) is 0 Å². The molecule has 0 bridgehead atoms. The predicted molar refractivity (Wildman–Crippen MR) is 53.1 cm³/mol. The molecular weight excluding hydrogens is 148 g/mol. The molecule has 1 nitrogen and oxygen atoms in total. The van der Waals surface area contributed by atoms with Crippen molar-refractivity contribution in [2.45, 2.75) is 47.0 Å². The molecule has 0 aliphatic heterocycles. The fourth-order valence-corrected chi connectivity index (χ4v) is 1.25. The fraction of sp³-hybridized carbons (Fsp3) is 0.727. The molecule has 0 aliphatic carbocycles. The Morgan fingerprint density at radius 2 is 1.92 bits per heavy atom. The van der Waals surface area contributed by atoms with Gasteiger partial charge in [0.25, 0.3) is 0 Å². The minimum absolute atomic E-state index is 0.305.